The van der Waals surface area contributed by atoms with Crippen molar-refractivity contribution in [3.05, 3.63) is 47.3 Å². The summed E-state index contributed by atoms with van der Waals surface area (Å²) in [5, 5.41) is 11.7. The number of ketones is 1. The van der Waals surface area contributed by atoms with Gasteiger partial charge in [0, 0.05) is 45.1 Å². The van der Waals surface area contributed by atoms with Gasteiger partial charge in [-0.05, 0) is 75.0 Å². The minimum atomic E-state index is -4.73. The van der Waals surface area contributed by atoms with E-state index in [-0.39, 0.29) is 29.3 Å². The summed E-state index contributed by atoms with van der Waals surface area (Å²) >= 11 is 0. The average molecular weight is 642 g/mol. The van der Waals surface area contributed by atoms with Crippen LogP contribution in [-0.4, -0.2) is 66.4 Å². The van der Waals surface area contributed by atoms with Crippen LogP contribution in [0.2, 0.25) is 0 Å². The molecule has 2 saturated heterocycles. The van der Waals surface area contributed by atoms with E-state index in [2.05, 4.69) is 26.3 Å². The number of anilines is 2. The molecule has 5 N–H and O–H groups in total. The molecule has 0 radical (unpaired) electrons. The number of hydrogen-bond acceptors (Lipinski definition) is 8. The Morgan fingerprint density at radius 1 is 1.02 bits per heavy atom. The number of aryl methyl sites for hydroxylation is 1. The standard InChI is InChI=1S/C32H42F3N9O2/c33-32(34,35)30-41-27(43-18-13-23(14-19-43)5-2-8-29(46)39-15-16-40-31(37)38)20-28(42-30)44-17-3-6-25(44)26(45)7-1-4-22-9-11-24(21-36)12-10-22/h9-12,20,23,25H,1-8,13-19H2,(H,39,46)(H4,37,38,40)/t25-/m0/s1. The number of nitrogens with zero attached hydrogens (tertiary/aromatic N) is 6. The Kier molecular flexibility index (Phi) is 12.2. The van der Waals surface area contributed by atoms with E-state index in [0.29, 0.717) is 89.2 Å². The number of carbonyl (C=O) groups excluding carboxylic acids is 2. The largest absolute Gasteiger partial charge is 0.451 e. The zero-order chi connectivity index (χ0) is 33.1. The number of nitrogens with one attached hydrogen (secondary N) is 1. The maximum absolute atomic E-state index is 13.9. The van der Waals surface area contributed by atoms with E-state index >= 15 is 0 Å². The van der Waals surface area contributed by atoms with Gasteiger partial charge in [-0.25, -0.2) is 9.97 Å². The van der Waals surface area contributed by atoms with Crippen LogP contribution in [0, 0.1) is 17.2 Å². The smallest absolute Gasteiger partial charge is 0.370 e. The molecule has 2 aromatic rings. The number of amides is 1. The highest BCUT2D eigenvalue weighted by Gasteiger charge is 2.38. The number of rotatable bonds is 14. The topological polar surface area (TPSA) is 167 Å². The van der Waals surface area contributed by atoms with Crippen molar-refractivity contribution < 1.29 is 22.8 Å². The van der Waals surface area contributed by atoms with Gasteiger partial charge >= 0.3 is 6.18 Å². The number of carbonyl (C=O) groups is 2. The molecule has 14 heteroatoms. The number of halogens is 3. The van der Waals surface area contributed by atoms with Gasteiger partial charge in [0.2, 0.25) is 11.7 Å². The van der Waals surface area contributed by atoms with Crippen LogP contribution in [0.1, 0.15) is 74.7 Å². The summed E-state index contributed by atoms with van der Waals surface area (Å²) in [5.74, 6) is -0.592. The van der Waals surface area contributed by atoms with E-state index in [1.165, 1.54) is 0 Å². The first-order chi connectivity index (χ1) is 22.0. The molecule has 1 aromatic carbocycles. The molecule has 0 saturated carbocycles. The molecular weight excluding hydrogens is 599 g/mol. The molecule has 3 heterocycles. The van der Waals surface area contributed by atoms with Crippen LogP contribution in [0.15, 0.2) is 35.3 Å². The van der Waals surface area contributed by atoms with Crippen molar-refractivity contribution in [3.8, 4) is 6.07 Å². The maximum Gasteiger partial charge on any atom is 0.451 e. The van der Waals surface area contributed by atoms with Gasteiger partial charge < -0.3 is 26.6 Å². The monoisotopic (exact) mass is 641 g/mol. The third kappa shape index (κ3) is 10.1. The number of aromatic nitrogens is 2. The third-order valence-corrected chi connectivity index (χ3v) is 8.53. The third-order valence-electron chi connectivity index (χ3n) is 8.53. The highest BCUT2D eigenvalue weighted by atomic mass is 19.4. The van der Waals surface area contributed by atoms with Crippen LogP contribution in [0.3, 0.4) is 0 Å². The molecule has 2 aliphatic rings. The fraction of sp³-hybridized carbons (Fsp3) is 0.562. The maximum atomic E-state index is 13.9. The summed E-state index contributed by atoms with van der Waals surface area (Å²) in [6.07, 6.45) is 1.60. The van der Waals surface area contributed by atoms with Gasteiger partial charge in [-0.2, -0.15) is 18.4 Å². The van der Waals surface area contributed by atoms with Crippen LogP contribution in [0.5, 0.6) is 0 Å². The Balaban J connectivity index is 1.32. The van der Waals surface area contributed by atoms with Crippen LogP contribution in [0.4, 0.5) is 24.8 Å². The molecule has 1 atom stereocenters. The lowest BCUT2D eigenvalue weighted by atomic mass is 9.91. The molecule has 46 heavy (non-hydrogen) atoms. The zero-order valence-corrected chi connectivity index (χ0v) is 25.9. The number of guanidine groups is 1. The van der Waals surface area contributed by atoms with E-state index in [4.69, 9.17) is 16.7 Å². The molecule has 2 fully saturated rings. The molecular formula is C32H42F3N9O2. The fourth-order valence-corrected chi connectivity index (χ4v) is 6.08. The predicted octanol–water partition coefficient (Wildman–Crippen LogP) is 3.70. The minimum absolute atomic E-state index is 0.0110. The van der Waals surface area contributed by atoms with Crippen LogP contribution < -0.4 is 26.6 Å². The number of benzene rings is 1. The van der Waals surface area contributed by atoms with Crippen molar-refractivity contribution in [2.45, 2.75) is 76.4 Å². The van der Waals surface area contributed by atoms with Gasteiger partial charge in [0.25, 0.3) is 0 Å². The number of aliphatic imine (C=N–C) groups is 1. The molecule has 0 bridgehead atoms. The van der Waals surface area contributed by atoms with E-state index in [0.717, 1.165) is 24.8 Å². The lowest BCUT2D eigenvalue weighted by molar-refractivity contribution is -0.144. The Bertz CT molecular complexity index is 1400. The van der Waals surface area contributed by atoms with Gasteiger partial charge in [0.1, 0.15) is 11.6 Å². The van der Waals surface area contributed by atoms with Crippen LogP contribution >= 0.6 is 0 Å². The van der Waals surface area contributed by atoms with E-state index in [1.807, 2.05) is 17.0 Å². The summed E-state index contributed by atoms with van der Waals surface area (Å²) in [6, 6.07) is 10.4. The second-order valence-electron chi connectivity index (χ2n) is 11.9. The zero-order valence-electron chi connectivity index (χ0n) is 25.9. The Hall–Kier alpha value is -4.41. The SMILES string of the molecule is N#Cc1ccc(CCCC(=O)[C@@H]2CCCN2c2cc(N3CCC(CCCC(=O)NCCN=C(N)N)CC3)nc(C(F)(F)F)n2)cc1. The van der Waals surface area contributed by atoms with E-state index in [1.54, 1.807) is 23.1 Å². The van der Waals surface area contributed by atoms with Crippen molar-refractivity contribution in [2.75, 3.05) is 42.5 Å². The summed E-state index contributed by atoms with van der Waals surface area (Å²) in [4.78, 5) is 40.5. The van der Waals surface area contributed by atoms with Crippen molar-refractivity contribution in [1.82, 2.24) is 15.3 Å². The molecule has 2 aliphatic heterocycles. The van der Waals surface area contributed by atoms with Crippen LogP contribution in [0.25, 0.3) is 0 Å². The Labute approximate surface area is 267 Å². The van der Waals surface area contributed by atoms with Gasteiger partial charge in [0.15, 0.2) is 11.7 Å². The van der Waals surface area contributed by atoms with Crippen LogP contribution in [-0.2, 0) is 22.2 Å². The first-order valence-corrected chi connectivity index (χ1v) is 15.8. The molecule has 1 amide bonds. The molecule has 0 spiro atoms. The van der Waals surface area contributed by atoms with E-state index in [9.17, 15) is 22.8 Å². The van der Waals surface area contributed by atoms with Gasteiger partial charge in [-0.15, -0.1) is 0 Å². The number of Topliss-reactive ketones (excluding diaryl/α,β-unsaturated/α-hetero) is 1. The molecule has 4 rings (SSSR count). The number of nitrogens with two attached hydrogens (primary N) is 2. The number of nitriles is 1. The lowest BCUT2D eigenvalue weighted by Crippen LogP contribution is -2.38. The number of alkyl halides is 3. The molecule has 0 unspecified atom stereocenters. The highest BCUT2D eigenvalue weighted by molar-refractivity contribution is 5.87. The quantitative estimate of drug-likeness (QED) is 0.158. The second-order valence-corrected chi connectivity index (χ2v) is 11.9. The number of piperidine rings is 1. The highest BCUT2D eigenvalue weighted by Crippen LogP contribution is 2.34. The van der Waals surface area contributed by atoms with Gasteiger partial charge in [-0.1, -0.05) is 12.1 Å². The Morgan fingerprint density at radius 2 is 1.74 bits per heavy atom. The summed E-state index contributed by atoms with van der Waals surface area (Å²) < 4.78 is 41.8. The van der Waals surface area contributed by atoms with Crippen molar-refractivity contribution in [3.63, 3.8) is 0 Å². The van der Waals surface area contributed by atoms with Gasteiger partial charge in [0.05, 0.1) is 24.2 Å². The first kappa shape index (κ1) is 34.5. The lowest BCUT2D eigenvalue weighted by Gasteiger charge is -2.34. The van der Waals surface area contributed by atoms with E-state index < -0.39 is 18.0 Å². The minimum Gasteiger partial charge on any atom is -0.370 e. The molecule has 1 aromatic heterocycles. The molecule has 248 valence electrons. The summed E-state index contributed by atoms with van der Waals surface area (Å²) in [6.45, 7) is 2.22. The molecule has 11 nitrogen and oxygen atoms in total. The fourth-order valence-electron chi connectivity index (χ4n) is 6.08. The van der Waals surface area contributed by atoms with Crippen molar-refractivity contribution >= 4 is 29.3 Å². The summed E-state index contributed by atoms with van der Waals surface area (Å²) in [7, 11) is 0. The van der Waals surface area contributed by atoms with Crippen molar-refractivity contribution in [1.29, 1.82) is 5.26 Å². The normalized spacial score (nSPS) is 17.0. The predicted molar refractivity (Wildman–Crippen MR) is 169 cm³/mol. The molecule has 0 aliphatic carbocycles. The number of hydrogen-bond donors (Lipinski definition) is 3. The van der Waals surface area contributed by atoms with Crippen molar-refractivity contribution in [2.24, 2.45) is 22.4 Å². The summed E-state index contributed by atoms with van der Waals surface area (Å²) in [5.41, 5.74) is 12.1. The average Bonchev–Trinajstić information content (AvgIpc) is 3.54. The first-order valence-electron chi connectivity index (χ1n) is 15.8. The van der Waals surface area contributed by atoms with Gasteiger partial charge in [-0.3, -0.25) is 14.6 Å². The second kappa shape index (κ2) is 16.2. The Morgan fingerprint density at radius 3 is 2.41 bits per heavy atom.